The van der Waals surface area contributed by atoms with E-state index in [-0.39, 0.29) is 11.8 Å². The first kappa shape index (κ1) is 20.5. The van der Waals surface area contributed by atoms with Crippen LogP contribution in [0.3, 0.4) is 0 Å². The van der Waals surface area contributed by atoms with Crippen LogP contribution >= 0.6 is 0 Å². The lowest BCUT2D eigenvalue weighted by atomic mass is 9.94. The van der Waals surface area contributed by atoms with Gasteiger partial charge in [0, 0.05) is 39.0 Å². The van der Waals surface area contributed by atoms with E-state index in [1.54, 1.807) is 21.1 Å². The molecule has 2 amide bonds. The third kappa shape index (κ3) is 4.59. The molecule has 1 heterocycles. The molecule has 1 aromatic carbocycles. The minimum absolute atomic E-state index is 0.0838. The molecule has 1 aliphatic heterocycles. The van der Waals surface area contributed by atoms with E-state index in [2.05, 4.69) is 0 Å². The normalized spacial score (nSPS) is 17.0. The molecule has 6 nitrogen and oxygen atoms in total. The van der Waals surface area contributed by atoms with Crippen molar-refractivity contribution in [2.45, 2.75) is 64.5 Å². The first-order chi connectivity index (χ1) is 13.5. The Labute approximate surface area is 167 Å². The summed E-state index contributed by atoms with van der Waals surface area (Å²) < 4.78 is 10.8. The third-order valence-electron chi connectivity index (χ3n) is 6.06. The lowest BCUT2D eigenvalue weighted by molar-refractivity contribution is -0.135. The van der Waals surface area contributed by atoms with Crippen LogP contribution in [0.25, 0.3) is 0 Å². The average molecular weight is 389 g/mol. The monoisotopic (exact) mass is 388 g/mol. The zero-order chi connectivity index (χ0) is 20.1. The first-order valence-corrected chi connectivity index (χ1v) is 10.3. The van der Waals surface area contributed by atoms with Crippen molar-refractivity contribution in [1.29, 1.82) is 0 Å². The molecule has 1 fully saturated rings. The highest BCUT2D eigenvalue weighted by atomic mass is 16.5. The molecule has 154 valence electrons. The number of nitrogens with zero attached hydrogens (tertiary/aromatic N) is 2. The third-order valence-corrected chi connectivity index (χ3v) is 6.06. The summed E-state index contributed by atoms with van der Waals surface area (Å²) in [5.41, 5.74) is 2.31. The fraction of sp³-hybridized carbons (Fsp3) is 0.636. The van der Waals surface area contributed by atoms with E-state index in [9.17, 15) is 9.59 Å². The zero-order valence-corrected chi connectivity index (χ0v) is 17.3. The van der Waals surface area contributed by atoms with Crippen LogP contribution in [0, 0.1) is 0 Å². The molecule has 0 unspecified atom stereocenters. The number of hydrogen-bond donors (Lipinski definition) is 0. The molecule has 1 aliphatic carbocycles. The Bertz CT molecular complexity index is 713. The maximum absolute atomic E-state index is 12.8. The lowest BCUT2D eigenvalue weighted by Gasteiger charge is -2.35. The van der Waals surface area contributed by atoms with Crippen molar-refractivity contribution in [2.24, 2.45) is 0 Å². The Morgan fingerprint density at radius 1 is 1.07 bits per heavy atom. The van der Waals surface area contributed by atoms with Crippen LogP contribution < -0.4 is 9.47 Å². The van der Waals surface area contributed by atoms with E-state index in [0.717, 1.165) is 30.6 Å². The van der Waals surface area contributed by atoms with Crippen LogP contribution in [0.15, 0.2) is 12.1 Å². The molecule has 1 aromatic rings. The lowest BCUT2D eigenvalue weighted by Crippen LogP contribution is -2.43. The number of ether oxygens (including phenoxy) is 2. The molecule has 0 atom stereocenters. The second-order valence-electron chi connectivity index (χ2n) is 7.80. The van der Waals surface area contributed by atoms with Gasteiger partial charge in [-0.3, -0.25) is 9.59 Å². The minimum atomic E-state index is 0.0838. The summed E-state index contributed by atoms with van der Waals surface area (Å²) in [6, 6.07) is 4.28. The molecule has 0 saturated heterocycles. The van der Waals surface area contributed by atoms with Crippen molar-refractivity contribution in [3.63, 3.8) is 0 Å². The van der Waals surface area contributed by atoms with Crippen LogP contribution in [0.4, 0.5) is 0 Å². The second-order valence-corrected chi connectivity index (χ2v) is 7.80. The Balaban J connectivity index is 1.61. The SMILES string of the molecule is COc1cc2c(cc1OC)CN(C(=O)CCN(C(C)=O)C1CCCCC1)CC2. The molecule has 2 aliphatic rings. The molecule has 0 bridgehead atoms. The van der Waals surface area contributed by atoms with Crippen molar-refractivity contribution < 1.29 is 19.1 Å². The van der Waals surface area contributed by atoms with Crippen LogP contribution in [-0.4, -0.2) is 55.0 Å². The van der Waals surface area contributed by atoms with Gasteiger partial charge in [-0.25, -0.2) is 0 Å². The number of hydrogen-bond acceptors (Lipinski definition) is 4. The highest BCUT2D eigenvalue weighted by molar-refractivity contribution is 5.78. The largest absolute Gasteiger partial charge is 0.493 e. The molecule has 0 N–H and O–H groups in total. The quantitative estimate of drug-likeness (QED) is 0.751. The Kier molecular flexibility index (Phi) is 6.81. The number of rotatable bonds is 6. The Morgan fingerprint density at radius 3 is 2.32 bits per heavy atom. The Hall–Kier alpha value is -2.24. The molecule has 1 saturated carbocycles. The molecule has 0 radical (unpaired) electrons. The molecular weight excluding hydrogens is 356 g/mol. The number of amides is 2. The summed E-state index contributed by atoms with van der Waals surface area (Å²) in [6.45, 7) is 3.42. The predicted molar refractivity (Wildman–Crippen MR) is 108 cm³/mol. The van der Waals surface area contributed by atoms with Crippen LogP contribution in [0.5, 0.6) is 11.5 Å². The maximum Gasteiger partial charge on any atom is 0.224 e. The van der Waals surface area contributed by atoms with E-state index < -0.39 is 0 Å². The minimum Gasteiger partial charge on any atom is -0.493 e. The summed E-state index contributed by atoms with van der Waals surface area (Å²) in [4.78, 5) is 28.7. The van der Waals surface area contributed by atoms with Gasteiger partial charge in [0.1, 0.15) is 0 Å². The molecule has 0 aromatic heterocycles. The van der Waals surface area contributed by atoms with E-state index in [1.807, 2.05) is 21.9 Å². The van der Waals surface area contributed by atoms with Crippen LogP contribution in [0.2, 0.25) is 0 Å². The Morgan fingerprint density at radius 2 is 1.71 bits per heavy atom. The van der Waals surface area contributed by atoms with Gasteiger partial charge in [-0.2, -0.15) is 0 Å². The number of benzene rings is 1. The van der Waals surface area contributed by atoms with Crippen molar-refractivity contribution in [3.8, 4) is 11.5 Å². The van der Waals surface area contributed by atoms with Crippen molar-refractivity contribution >= 4 is 11.8 Å². The van der Waals surface area contributed by atoms with E-state index in [0.29, 0.717) is 37.8 Å². The number of carbonyl (C=O) groups is 2. The fourth-order valence-electron chi connectivity index (χ4n) is 4.46. The smallest absolute Gasteiger partial charge is 0.224 e. The van der Waals surface area contributed by atoms with Gasteiger partial charge in [0.2, 0.25) is 11.8 Å². The zero-order valence-electron chi connectivity index (χ0n) is 17.3. The van der Waals surface area contributed by atoms with Gasteiger partial charge in [0.05, 0.1) is 14.2 Å². The second kappa shape index (κ2) is 9.30. The number of fused-ring (bicyclic) bond motifs is 1. The number of carbonyl (C=O) groups excluding carboxylic acids is 2. The summed E-state index contributed by atoms with van der Waals surface area (Å²) >= 11 is 0. The van der Waals surface area contributed by atoms with E-state index >= 15 is 0 Å². The van der Waals surface area contributed by atoms with Crippen LogP contribution in [0.1, 0.15) is 56.6 Å². The van der Waals surface area contributed by atoms with Gasteiger partial charge < -0.3 is 19.3 Å². The van der Waals surface area contributed by atoms with Gasteiger partial charge >= 0.3 is 0 Å². The number of methoxy groups -OCH3 is 2. The van der Waals surface area contributed by atoms with Gasteiger partial charge in [0.25, 0.3) is 0 Å². The van der Waals surface area contributed by atoms with Gasteiger partial charge in [-0.1, -0.05) is 19.3 Å². The molecule has 28 heavy (non-hydrogen) atoms. The molecule has 0 spiro atoms. The first-order valence-electron chi connectivity index (χ1n) is 10.3. The topological polar surface area (TPSA) is 59.1 Å². The molecule has 6 heteroatoms. The highest BCUT2D eigenvalue weighted by Gasteiger charge is 2.26. The summed E-state index contributed by atoms with van der Waals surface area (Å²) in [5, 5.41) is 0. The molecular formula is C22H32N2O4. The van der Waals surface area contributed by atoms with Crippen molar-refractivity contribution in [1.82, 2.24) is 9.80 Å². The summed E-state index contributed by atoms with van der Waals surface area (Å²) in [5.74, 6) is 1.62. The van der Waals surface area contributed by atoms with Crippen LogP contribution in [-0.2, 0) is 22.6 Å². The average Bonchev–Trinajstić information content (AvgIpc) is 2.72. The predicted octanol–water partition coefficient (Wildman–Crippen LogP) is 3.16. The van der Waals surface area contributed by atoms with Gasteiger partial charge in [-0.15, -0.1) is 0 Å². The van der Waals surface area contributed by atoms with E-state index in [1.165, 1.54) is 24.8 Å². The summed E-state index contributed by atoms with van der Waals surface area (Å²) in [6.07, 6.45) is 6.92. The molecule has 3 rings (SSSR count). The summed E-state index contributed by atoms with van der Waals surface area (Å²) in [7, 11) is 3.26. The van der Waals surface area contributed by atoms with E-state index in [4.69, 9.17) is 9.47 Å². The highest BCUT2D eigenvalue weighted by Crippen LogP contribution is 2.33. The van der Waals surface area contributed by atoms with Gasteiger partial charge in [0.15, 0.2) is 11.5 Å². The van der Waals surface area contributed by atoms with Gasteiger partial charge in [-0.05, 0) is 42.5 Å². The maximum atomic E-state index is 12.8. The fourth-order valence-corrected chi connectivity index (χ4v) is 4.46. The van der Waals surface area contributed by atoms with Crippen molar-refractivity contribution in [3.05, 3.63) is 23.3 Å². The standard InChI is InChI=1S/C22H32N2O4/c1-16(25)24(19-7-5-4-6-8-19)12-10-22(26)23-11-9-17-13-20(27-2)21(28-3)14-18(17)15-23/h13-14,19H,4-12,15H2,1-3H3. The van der Waals surface area contributed by atoms with Crippen molar-refractivity contribution in [2.75, 3.05) is 27.3 Å².